The molecular formula is C22H26N6O2. The summed E-state index contributed by atoms with van der Waals surface area (Å²) >= 11 is 0. The number of carbonyl (C=O) groups is 2. The van der Waals surface area contributed by atoms with Gasteiger partial charge in [0.25, 0.3) is 5.91 Å². The van der Waals surface area contributed by atoms with Gasteiger partial charge < -0.3 is 10.2 Å². The Morgan fingerprint density at radius 1 is 1.10 bits per heavy atom. The van der Waals surface area contributed by atoms with Crippen molar-refractivity contribution in [3.8, 4) is 0 Å². The van der Waals surface area contributed by atoms with Gasteiger partial charge in [-0.15, -0.1) is 0 Å². The number of anilines is 1. The smallest absolute Gasteiger partial charge is 0.259 e. The van der Waals surface area contributed by atoms with E-state index in [0.717, 1.165) is 17.7 Å². The van der Waals surface area contributed by atoms with E-state index >= 15 is 0 Å². The molecule has 0 aliphatic carbocycles. The molecule has 1 aliphatic rings. The number of aromatic nitrogens is 3. The van der Waals surface area contributed by atoms with Crippen LogP contribution in [-0.2, 0) is 11.2 Å². The van der Waals surface area contributed by atoms with Gasteiger partial charge >= 0.3 is 0 Å². The summed E-state index contributed by atoms with van der Waals surface area (Å²) in [6.07, 6.45) is 4.33. The van der Waals surface area contributed by atoms with Crippen LogP contribution >= 0.6 is 0 Å². The van der Waals surface area contributed by atoms with Crippen molar-refractivity contribution < 1.29 is 9.59 Å². The summed E-state index contributed by atoms with van der Waals surface area (Å²) in [6, 6.07) is 9.65. The summed E-state index contributed by atoms with van der Waals surface area (Å²) in [5, 5.41) is 7.39. The second-order valence-electron chi connectivity index (χ2n) is 7.48. The van der Waals surface area contributed by atoms with Crippen LogP contribution in [-0.4, -0.2) is 68.9 Å². The van der Waals surface area contributed by atoms with E-state index in [1.54, 1.807) is 23.0 Å². The van der Waals surface area contributed by atoms with Crippen molar-refractivity contribution >= 4 is 23.1 Å². The first-order chi connectivity index (χ1) is 14.6. The van der Waals surface area contributed by atoms with Crippen LogP contribution in [0.1, 0.15) is 28.5 Å². The molecular weight excluding hydrogens is 380 g/mol. The molecule has 156 valence electrons. The fourth-order valence-corrected chi connectivity index (χ4v) is 3.86. The Labute approximate surface area is 175 Å². The Morgan fingerprint density at radius 2 is 1.87 bits per heavy atom. The Bertz CT molecular complexity index is 1070. The molecule has 4 rings (SSSR count). The zero-order valence-electron chi connectivity index (χ0n) is 17.3. The molecule has 2 aromatic heterocycles. The lowest BCUT2D eigenvalue weighted by Crippen LogP contribution is -2.50. The van der Waals surface area contributed by atoms with Crippen molar-refractivity contribution in [3.63, 3.8) is 0 Å². The number of nitrogens with zero attached hydrogens (tertiary/aromatic N) is 5. The van der Waals surface area contributed by atoms with Gasteiger partial charge in [0.2, 0.25) is 5.91 Å². The van der Waals surface area contributed by atoms with Gasteiger partial charge in [-0.05, 0) is 31.0 Å². The molecule has 0 unspecified atom stereocenters. The molecule has 3 heterocycles. The maximum atomic E-state index is 13.1. The second kappa shape index (κ2) is 8.62. The van der Waals surface area contributed by atoms with E-state index in [4.69, 9.17) is 0 Å². The molecule has 0 bridgehead atoms. The molecule has 1 N–H and O–H groups in total. The first-order valence-corrected chi connectivity index (χ1v) is 10.3. The minimum Gasteiger partial charge on any atom is -0.336 e. The van der Waals surface area contributed by atoms with Crippen LogP contribution in [0.15, 0.2) is 42.7 Å². The number of hydrogen-bond acceptors (Lipinski definition) is 5. The number of aryl methyl sites for hydroxylation is 2. The van der Waals surface area contributed by atoms with Crippen LogP contribution in [0.4, 0.5) is 5.69 Å². The summed E-state index contributed by atoms with van der Waals surface area (Å²) in [6.45, 7) is 6.67. The molecule has 1 saturated heterocycles. The molecule has 30 heavy (non-hydrogen) atoms. The predicted molar refractivity (Wildman–Crippen MR) is 115 cm³/mol. The van der Waals surface area contributed by atoms with Crippen molar-refractivity contribution in [2.45, 2.75) is 20.3 Å². The maximum absolute atomic E-state index is 13.1. The molecule has 8 nitrogen and oxygen atoms in total. The van der Waals surface area contributed by atoms with E-state index in [1.807, 2.05) is 36.1 Å². The van der Waals surface area contributed by atoms with Gasteiger partial charge in [-0.2, -0.15) is 5.10 Å². The number of carbonyl (C=O) groups excluding carboxylic acids is 2. The Hall–Kier alpha value is -3.26. The van der Waals surface area contributed by atoms with Crippen molar-refractivity contribution in [1.29, 1.82) is 0 Å². The molecule has 0 atom stereocenters. The Kier molecular flexibility index (Phi) is 5.76. The monoisotopic (exact) mass is 406 g/mol. The minimum absolute atomic E-state index is 0.0293. The second-order valence-corrected chi connectivity index (χ2v) is 7.48. The lowest BCUT2D eigenvalue weighted by Gasteiger charge is -2.34. The number of nitrogens with one attached hydrogen (secondary N) is 1. The highest BCUT2D eigenvalue weighted by atomic mass is 16.2. The zero-order valence-corrected chi connectivity index (χ0v) is 17.3. The van der Waals surface area contributed by atoms with Gasteiger partial charge in [-0.25, -0.2) is 9.50 Å². The fraction of sp³-hybridized carbons (Fsp3) is 0.364. The Balaban J connectivity index is 1.35. The van der Waals surface area contributed by atoms with E-state index in [0.29, 0.717) is 49.6 Å². The van der Waals surface area contributed by atoms with Crippen LogP contribution in [0.2, 0.25) is 0 Å². The average Bonchev–Trinajstić information content (AvgIpc) is 3.09. The number of hydrogen-bond donors (Lipinski definition) is 1. The Morgan fingerprint density at radius 3 is 2.63 bits per heavy atom. The van der Waals surface area contributed by atoms with Gasteiger partial charge in [0, 0.05) is 44.3 Å². The van der Waals surface area contributed by atoms with E-state index in [9.17, 15) is 9.59 Å². The van der Waals surface area contributed by atoms with Gasteiger partial charge in [0.1, 0.15) is 5.56 Å². The third kappa shape index (κ3) is 4.04. The molecule has 2 amide bonds. The predicted octanol–water partition coefficient (Wildman–Crippen LogP) is 2.00. The fourth-order valence-electron chi connectivity index (χ4n) is 3.86. The summed E-state index contributed by atoms with van der Waals surface area (Å²) in [4.78, 5) is 33.8. The summed E-state index contributed by atoms with van der Waals surface area (Å²) in [7, 11) is 0. The summed E-state index contributed by atoms with van der Waals surface area (Å²) in [5.74, 6) is -0.0828. The van der Waals surface area contributed by atoms with Crippen LogP contribution in [0.5, 0.6) is 0 Å². The van der Waals surface area contributed by atoms with Crippen LogP contribution in [0, 0.1) is 6.92 Å². The van der Waals surface area contributed by atoms with Crippen molar-refractivity contribution in [1.82, 2.24) is 24.4 Å². The highest BCUT2D eigenvalue weighted by Crippen LogP contribution is 2.18. The van der Waals surface area contributed by atoms with Crippen molar-refractivity contribution in [3.05, 3.63) is 59.5 Å². The highest BCUT2D eigenvalue weighted by molar-refractivity contribution is 6.01. The van der Waals surface area contributed by atoms with Crippen LogP contribution < -0.4 is 5.32 Å². The molecule has 0 radical (unpaired) electrons. The van der Waals surface area contributed by atoms with Crippen LogP contribution in [0.25, 0.3) is 5.65 Å². The summed E-state index contributed by atoms with van der Waals surface area (Å²) < 4.78 is 1.64. The first kappa shape index (κ1) is 20.0. The minimum atomic E-state index is -0.0535. The third-order valence-corrected chi connectivity index (χ3v) is 5.48. The molecule has 1 aliphatic heterocycles. The zero-order chi connectivity index (χ0) is 21.1. The van der Waals surface area contributed by atoms with Gasteiger partial charge in [-0.1, -0.05) is 25.1 Å². The lowest BCUT2D eigenvalue weighted by atomic mass is 10.1. The largest absolute Gasteiger partial charge is 0.336 e. The topological polar surface area (TPSA) is 82.8 Å². The van der Waals surface area contributed by atoms with Crippen molar-refractivity contribution in [2.24, 2.45) is 0 Å². The summed E-state index contributed by atoms with van der Waals surface area (Å²) in [5.41, 5.74) is 3.80. The quantitative estimate of drug-likeness (QED) is 0.701. The number of rotatable bonds is 5. The number of para-hydroxylation sites is 1. The number of amides is 2. The SMILES string of the molecule is CCc1ccccc1NC(=O)CN1CCN(C(=O)c2c(C)nn3cccnc23)CC1. The maximum Gasteiger partial charge on any atom is 0.259 e. The number of fused-ring (bicyclic) bond motifs is 1. The molecule has 1 aromatic carbocycles. The first-order valence-electron chi connectivity index (χ1n) is 10.3. The molecule has 0 saturated carbocycles. The lowest BCUT2D eigenvalue weighted by molar-refractivity contribution is -0.117. The molecule has 0 spiro atoms. The van der Waals surface area contributed by atoms with Gasteiger partial charge in [0.05, 0.1) is 12.2 Å². The van der Waals surface area contributed by atoms with Gasteiger partial charge in [-0.3, -0.25) is 14.5 Å². The van der Waals surface area contributed by atoms with Crippen molar-refractivity contribution in [2.75, 3.05) is 38.0 Å². The molecule has 1 fully saturated rings. The standard InChI is InChI=1S/C22H26N6O2/c1-3-17-7-4-5-8-18(17)24-19(29)15-26-11-13-27(14-12-26)22(30)20-16(2)25-28-10-6-9-23-21(20)28/h4-10H,3,11-15H2,1-2H3,(H,24,29). The van der Waals surface area contributed by atoms with Crippen LogP contribution in [0.3, 0.4) is 0 Å². The van der Waals surface area contributed by atoms with E-state index in [2.05, 4.69) is 27.2 Å². The molecule has 8 heteroatoms. The number of piperazine rings is 1. The number of benzene rings is 1. The normalized spacial score (nSPS) is 14.8. The highest BCUT2D eigenvalue weighted by Gasteiger charge is 2.27. The van der Waals surface area contributed by atoms with E-state index in [1.165, 1.54) is 0 Å². The molecule has 3 aromatic rings. The average molecular weight is 406 g/mol. The van der Waals surface area contributed by atoms with Gasteiger partial charge in [0.15, 0.2) is 5.65 Å². The van der Waals surface area contributed by atoms with E-state index < -0.39 is 0 Å². The third-order valence-electron chi connectivity index (χ3n) is 5.48. The van der Waals surface area contributed by atoms with E-state index in [-0.39, 0.29) is 11.8 Å².